The first-order chi connectivity index (χ1) is 10.9. The molecule has 128 valence electrons. The average molecular weight is 340 g/mol. The normalized spacial score (nSPS) is 19.5. The van der Waals surface area contributed by atoms with E-state index in [1.807, 2.05) is 0 Å². The zero-order valence-corrected chi connectivity index (χ0v) is 14.5. The minimum atomic E-state index is -2.97. The van der Waals surface area contributed by atoms with E-state index in [1.54, 1.807) is 18.0 Å². The van der Waals surface area contributed by atoms with Crippen LogP contribution in [0.5, 0.6) is 0 Å². The number of hydrogen-bond acceptors (Lipinski definition) is 6. The minimum Gasteiger partial charge on any atom is -0.351 e. The predicted molar refractivity (Wildman–Crippen MR) is 89.4 cm³/mol. The number of sulfone groups is 1. The molecular formula is C15H24N4O3S. The van der Waals surface area contributed by atoms with Crippen molar-refractivity contribution in [2.24, 2.45) is 0 Å². The van der Waals surface area contributed by atoms with Gasteiger partial charge in [-0.1, -0.05) is 19.8 Å². The number of carbonyl (C=O) groups is 1. The SMILES string of the molecule is CCCCCNC(=O)c1ccnc(N(C)C2CCS(=O)(=O)C2)n1. The van der Waals surface area contributed by atoms with E-state index < -0.39 is 9.84 Å². The standard InChI is InChI=1S/C15H24N4O3S/c1-3-4-5-8-16-14(20)13-6-9-17-15(18-13)19(2)12-7-10-23(21,22)11-12/h6,9,12H,3-5,7-8,10-11H2,1-2H3,(H,16,20). The van der Waals surface area contributed by atoms with E-state index in [9.17, 15) is 13.2 Å². The van der Waals surface area contributed by atoms with Crippen molar-refractivity contribution in [3.05, 3.63) is 18.0 Å². The van der Waals surface area contributed by atoms with Gasteiger partial charge in [0.2, 0.25) is 5.95 Å². The second-order valence-corrected chi connectivity index (χ2v) is 8.10. The van der Waals surface area contributed by atoms with Crippen LogP contribution >= 0.6 is 0 Å². The topological polar surface area (TPSA) is 92.3 Å². The quantitative estimate of drug-likeness (QED) is 0.745. The molecule has 8 heteroatoms. The third-order valence-corrected chi connectivity index (χ3v) is 5.76. The highest BCUT2D eigenvalue weighted by Crippen LogP contribution is 2.20. The lowest BCUT2D eigenvalue weighted by atomic mass is 10.2. The molecule has 0 aromatic carbocycles. The van der Waals surface area contributed by atoms with Crippen molar-refractivity contribution in [1.29, 1.82) is 0 Å². The summed E-state index contributed by atoms with van der Waals surface area (Å²) in [5.74, 6) is 0.463. The summed E-state index contributed by atoms with van der Waals surface area (Å²) in [4.78, 5) is 22.3. The van der Waals surface area contributed by atoms with Crippen molar-refractivity contribution in [2.45, 2.75) is 38.6 Å². The van der Waals surface area contributed by atoms with E-state index in [1.165, 1.54) is 6.20 Å². The molecule has 1 aromatic rings. The van der Waals surface area contributed by atoms with Crippen molar-refractivity contribution in [1.82, 2.24) is 15.3 Å². The van der Waals surface area contributed by atoms with Crippen LogP contribution in [-0.2, 0) is 9.84 Å². The van der Waals surface area contributed by atoms with Crippen molar-refractivity contribution in [3.63, 3.8) is 0 Å². The molecule has 1 aliphatic heterocycles. The van der Waals surface area contributed by atoms with E-state index in [0.717, 1.165) is 19.3 Å². The van der Waals surface area contributed by atoms with E-state index in [-0.39, 0.29) is 23.5 Å². The van der Waals surface area contributed by atoms with Crippen LogP contribution in [-0.4, -0.2) is 55.4 Å². The lowest BCUT2D eigenvalue weighted by Crippen LogP contribution is -2.34. The van der Waals surface area contributed by atoms with Gasteiger partial charge in [-0.25, -0.2) is 18.4 Å². The van der Waals surface area contributed by atoms with Crippen LogP contribution in [0, 0.1) is 0 Å². The average Bonchev–Trinajstić information content (AvgIpc) is 2.91. The summed E-state index contributed by atoms with van der Waals surface area (Å²) in [6.07, 6.45) is 5.22. The van der Waals surface area contributed by atoms with Crippen LogP contribution in [0.15, 0.2) is 12.3 Å². The number of rotatable bonds is 7. The van der Waals surface area contributed by atoms with E-state index in [0.29, 0.717) is 24.6 Å². The van der Waals surface area contributed by atoms with Gasteiger partial charge in [0.1, 0.15) is 5.69 Å². The number of aromatic nitrogens is 2. The van der Waals surface area contributed by atoms with Crippen LogP contribution in [0.3, 0.4) is 0 Å². The fraction of sp³-hybridized carbons (Fsp3) is 0.667. The number of carbonyl (C=O) groups excluding carboxylic acids is 1. The van der Waals surface area contributed by atoms with Gasteiger partial charge in [0, 0.05) is 25.8 Å². The molecule has 1 aromatic heterocycles. The molecule has 1 unspecified atom stereocenters. The lowest BCUT2D eigenvalue weighted by Gasteiger charge is -2.23. The van der Waals surface area contributed by atoms with Gasteiger partial charge < -0.3 is 10.2 Å². The summed E-state index contributed by atoms with van der Waals surface area (Å²) in [6.45, 7) is 2.74. The van der Waals surface area contributed by atoms with Crippen LogP contribution in [0.4, 0.5) is 5.95 Å². The first-order valence-electron chi connectivity index (χ1n) is 7.97. The highest BCUT2D eigenvalue weighted by atomic mass is 32.2. The molecule has 0 saturated carbocycles. The van der Waals surface area contributed by atoms with Gasteiger partial charge in [-0.3, -0.25) is 4.79 Å². The smallest absolute Gasteiger partial charge is 0.270 e. The molecule has 1 N–H and O–H groups in total. The lowest BCUT2D eigenvalue weighted by molar-refractivity contribution is 0.0948. The molecule has 1 saturated heterocycles. The molecule has 1 aliphatic rings. The molecule has 0 spiro atoms. The van der Waals surface area contributed by atoms with Crippen molar-refractivity contribution in [2.75, 3.05) is 30.0 Å². The van der Waals surface area contributed by atoms with Crippen molar-refractivity contribution < 1.29 is 13.2 Å². The molecule has 7 nitrogen and oxygen atoms in total. The number of anilines is 1. The monoisotopic (exact) mass is 340 g/mol. The summed E-state index contributed by atoms with van der Waals surface area (Å²) in [5.41, 5.74) is 0.305. The Morgan fingerprint density at radius 3 is 2.87 bits per heavy atom. The Morgan fingerprint density at radius 1 is 1.43 bits per heavy atom. The highest BCUT2D eigenvalue weighted by molar-refractivity contribution is 7.91. The predicted octanol–water partition coefficient (Wildman–Crippen LogP) is 1.02. The maximum Gasteiger partial charge on any atom is 0.270 e. The summed E-state index contributed by atoms with van der Waals surface area (Å²) in [7, 11) is -1.20. The minimum absolute atomic E-state index is 0.111. The number of amides is 1. The first kappa shape index (κ1) is 17.7. The molecule has 2 rings (SSSR count). The zero-order valence-electron chi connectivity index (χ0n) is 13.7. The Labute approximate surface area is 137 Å². The van der Waals surface area contributed by atoms with Gasteiger partial charge in [0.25, 0.3) is 5.91 Å². The number of hydrogen-bond donors (Lipinski definition) is 1. The third-order valence-electron chi connectivity index (χ3n) is 4.01. The second-order valence-electron chi connectivity index (χ2n) is 5.87. The van der Waals surface area contributed by atoms with Crippen molar-refractivity contribution in [3.8, 4) is 0 Å². The van der Waals surface area contributed by atoms with Crippen molar-refractivity contribution >= 4 is 21.7 Å². The molecule has 1 fully saturated rings. The van der Waals surface area contributed by atoms with Gasteiger partial charge in [0.05, 0.1) is 11.5 Å². The van der Waals surface area contributed by atoms with Gasteiger partial charge >= 0.3 is 0 Å². The molecule has 0 bridgehead atoms. The van der Waals surface area contributed by atoms with Crippen LogP contribution in [0.2, 0.25) is 0 Å². The highest BCUT2D eigenvalue weighted by Gasteiger charge is 2.31. The molecule has 2 heterocycles. The Kier molecular flexibility index (Phi) is 5.92. The van der Waals surface area contributed by atoms with Gasteiger partial charge in [-0.2, -0.15) is 0 Å². The molecular weight excluding hydrogens is 316 g/mol. The Morgan fingerprint density at radius 2 is 2.22 bits per heavy atom. The van der Waals surface area contributed by atoms with Crippen LogP contribution < -0.4 is 10.2 Å². The van der Waals surface area contributed by atoms with Crippen LogP contribution in [0.25, 0.3) is 0 Å². The van der Waals surface area contributed by atoms with Crippen LogP contribution in [0.1, 0.15) is 43.1 Å². The largest absolute Gasteiger partial charge is 0.351 e. The zero-order chi connectivity index (χ0) is 16.9. The van der Waals surface area contributed by atoms with E-state index in [2.05, 4.69) is 22.2 Å². The molecule has 0 radical (unpaired) electrons. The Balaban J connectivity index is 2.00. The third kappa shape index (κ3) is 4.89. The first-order valence-corrected chi connectivity index (χ1v) is 9.79. The summed E-state index contributed by atoms with van der Waals surface area (Å²) >= 11 is 0. The summed E-state index contributed by atoms with van der Waals surface area (Å²) in [6, 6.07) is 1.43. The molecule has 0 aliphatic carbocycles. The molecule has 1 amide bonds. The molecule has 23 heavy (non-hydrogen) atoms. The van der Waals surface area contributed by atoms with E-state index >= 15 is 0 Å². The fourth-order valence-corrected chi connectivity index (χ4v) is 4.33. The second kappa shape index (κ2) is 7.72. The number of unbranched alkanes of at least 4 members (excludes halogenated alkanes) is 2. The van der Waals surface area contributed by atoms with E-state index in [4.69, 9.17) is 0 Å². The Hall–Kier alpha value is -1.70. The number of nitrogens with one attached hydrogen (secondary N) is 1. The number of nitrogens with zero attached hydrogens (tertiary/aromatic N) is 3. The van der Waals surface area contributed by atoms with Gasteiger partial charge in [-0.05, 0) is 18.9 Å². The molecule has 1 atom stereocenters. The Bertz CT molecular complexity index is 648. The maximum absolute atomic E-state index is 12.1. The fourth-order valence-electron chi connectivity index (χ4n) is 2.56. The van der Waals surface area contributed by atoms with Gasteiger partial charge in [-0.15, -0.1) is 0 Å². The van der Waals surface area contributed by atoms with Gasteiger partial charge in [0.15, 0.2) is 9.84 Å². The maximum atomic E-state index is 12.1. The summed E-state index contributed by atoms with van der Waals surface area (Å²) in [5, 5.41) is 2.84. The summed E-state index contributed by atoms with van der Waals surface area (Å²) < 4.78 is 23.2.